The molecule has 0 aliphatic carbocycles. The van der Waals surface area contributed by atoms with Crippen LogP contribution < -0.4 is 15.4 Å². The molecule has 1 aromatic heterocycles. The number of carbonyl (C=O) groups excluding carboxylic acids is 1. The molecule has 9 heteroatoms. The quantitative estimate of drug-likeness (QED) is 0.580. The fraction of sp³-hybridized carbons (Fsp3) is 0.333. The number of benzene rings is 1. The van der Waals surface area contributed by atoms with E-state index in [1.165, 1.54) is 12.1 Å². The summed E-state index contributed by atoms with van der Waals surface area (Å²) in [6, 6.07) is 6.11. The number of nitro benzene ring substituents is 1. The van der Waals surface area contributed by atoms with Crippen LogP contribution in [-0.2, 0) is 0 Å². The van der Waals surface area contributed by atoms with Crippen LogP contribution in [0.25, 0.3) is 11.3 Å². The first-order valence-corrected chi connectivity index (χ1v) is 7.61. The molecule has 2 aromatic rings. The molecule has 1 aromatic carbocycles. The number of hydrogen-bond acceptors (Lipinski definition) is 6. The maximum absolute atomic E-state index is 12.0. The molecule has 2 heterocycles. The second-order valence-corrected chi connectivity index (χ2v) is 5.47. The van der Waals surface area contributed by atoms with Gasteiger partial charge >= 0.3 is 11.8 Å². The lowest BCUT2D eigenvalue weighted by atomic mass is 10.1. The monoisotopic (exact) mass is 331 g/mol. The Bertz CT molecular complexity index is 725. The molecular weight excluding hydrogens is 314 g/mol. The first-order chi connectivity index (χ1) is 11.6. The molecule has 1 aliphatic rings. The van der Waals surface area contributed by atoms with Gasteiger partial charge in [0.15, 0.2) is 0 Å². The van der Waals surface area contributed by atoms with E-state index in [0.717, 1.165) is 25.9 Å². The first kappa shape index (κ1) is 15.9. The molecule has 1 amide bonds. The zero-order chi connectivity index (χ0) is 16.9. The molecule has 0 unspecified atom stereocenters. The normalized spacial score (nSPS) is 15.0. The maximum atomic E-state index is 12.0. The number of piperidine rings is 1. The van der Waals surface area contributed by atoms with Gasteiger partial charge in [0.2, 0.25) is 5.75 Å². The lowest BCUT2D eigenvalue weighted by molar-refractivity contribution is -0.385. The number of aromatic nitrogens is 2. The van der Waals surface area contributed by atoms with E-state index in [-0.39, 0.29) is 17.5 Å². The minimum absolute atomic E-state index is 0.0158. The fourth-order valence-electron chi connectivity index (χ4n) is 2.59. The highest BCUT2D eigenvalue weighted by atomic mass is 16.6. The van der Waals surface area contributed by atoms with Crippen LogP contribution in [0, 0.1) is 10.1 Å². The largest absolute Gasteiger partial charge is 0.413 e. The molecule has 1 saturated heterocycles. The Morgan fingerprint density at radius 1 is 1.33 bits per heavy atom. The van der Waals surface area contributed by atoms with Gasteiger partial charge in [0.05, 0.1) is 10.6 Å². The number of carbonyl (C=O) groups is 1. The van der Waals surface area contributed by atoms with Crippen LogP contribution >= 0.6 is 0 Å². The van der Waals surface area contributed by atoms with Crippen molar-refractivity contribution in [2.45, 2.75) is 18.9 Å². The van der Waals surface area contributed by atoms with Gasteiger partial charge in [-0.15, -0.1) is 0 Å². The standard InChI is InChI=1S/C15H17N5O4/c21-15(18-11-3-6-16-7-4-11)24-14-2-1-10(9-13(14)20(22)23)12-5-8-17-19-12/h1-2,5,8-9,11,16H,3-4,6-7H2,(H,17,19)(H,18,21). The number of rotatable bonds is 4. The number of nitrogens with zero attached hydrogens (tertiary/aromatic N) is 2. The Labute approximate surface area is 137 Å². The topological polar surface area (TPSA) is 122 Å². The van der Waals surface area contributed by atoms with E-state index in [0.29, 0.717) is 11.3 Å². The van der Waals surface area contributed by atoms with Crippen molar-refractivity contribution in [3.05, 3.63) is 40.6 Å². The Morgan fingerprint density at radius 2 is 2.12 bits per heavy atom. The zero-order valence-electron chi connectivity index (χ0n) is 12.8. The average molecular weight is 331 g/mol. The van der Waals surface area contributed by atoms with Crippen LogP contribution in [0.4, 0.5) is 10.5 Å². The molecule has 0 bridgehead atoms. The van der Waals surface area contributed by atoms with E-state index in [1.807, 2.05) is 0 Å². The average Bonchev–Trinajstić information content (AvgIpc) is 3.10. The van der Waals surface area contributed by atoms with Gasteiger partial charge in [0.25, 0.3) is 0 Å². The van der Waals surface area contributed by atoms with Gasteiger partial charge in [-0.05, 0) is 44.1 Å². The Kier molecular flexibility index (Phi) is 4.71. The highest BCUT2D eigenvalue weighted by Gasteiger charge is 2.22. The number of nitrogens with one attached hydrogen (secondary N) is 3. The molecule has 0 atom stereocenters. The number of H-pyrrole nitrogens is 1. The molecule has 1 fully saturated rings. The second kappa shape index (κ2) is 7.09. The van der Waals surface area contributed by atoms with Gasteiger partial charge in [-0.25, -0.2) is 4.79 Å². The van der Waals surface area contributed by atoms with Crippen molar-refractivity contribution in [2.24, 2.45) is 0 Å². The van der Waals surface area contributed by atoms with Crippen molar-refractivity contribution >= 4 is 11.8 Å². The third kappa shape index (κ3) is 3.69. The Hall–Kier alpha value is -2.94. The van der Waals surface area contributed by atoms with Gasteiger partial charge in [0, 0.05) is 23.9 Å². The summed E-state index contributed by atoms with van der Waals surface area (Å²) in [7, 11) is 0. The van der Waals surface area contributed by atoms with Crippen LogP contribution in [0.15, 0.2) is 30.5 Å². The van der Waals surface area contributed by atoms with E-state index in [1.54, 1.807) is 18.3 Å². The van der Waals surface area contributed by atoms with E-state index in [4.69, 9.17) is 4.74 Å². The molecule has 9 nitrogen and oxygen atoms in total. The highest BCUT2D eigenvalue weighted by Crippen LogP contribution is 2.31. The molecule has 1 aliphatic heterocycles. The maximum Gasteiger partial charge on any atom is 0.413 e. The van der Waals surface area contributed by atoms with Gasteiger partial charge in [-0.3, -0.25) is 15.2 Å². The molecule has 24 heavy (non-hydrogen) atoms. The third-order valence-corrected chi connectivity index (χ3v) is 3.83. The van der Waals surface area contributed by atoms with Crippen molar-refractivity contribution in [3.8, 4) is 17.0 Å². The highest BCUT2D eigenvalue weighted by molar-refractivity contribution is 5.74. The third-order valence-electron chi connectivity index (χ3n) is 3.83. The molecule has 0 radical (unpaired) electrons. The van der Waals surface area contributed by atoms with Crippen molar-refractivity contribution in [1.29, 1.82) is 0 Å². The van der Waals surface area contributed by atoms with Gasteiger partial charge in [-0.2, -0.15) is 5.10 Å². The number of hydrogen-bond donors (Lipinski definition) is 3. The predicted octanol–water partition coefficient (Wildman–Crippen LogP) is 1.83. The predicted molar refractivity (Wildman–Crippen MR) is 85.7 cm³/mol. The summed E-state index contributed by atoms with van der Waals surface area (Å²) in [5.74, 6) is -0.0882. The number of amides is 1. The van der Waals surface area contributed by atoms with E-state index in [2.05, 4.69) is 20.8 Å². The van der Waals surface area contributed by atoms with E-state index < -0.39 is 11.0 Å². The van der Waals surface area contributed by atoms with Crippen LogP contribution in [0.2, 0.25) is 0 Å². The molecular formula is C15H17N5O4. The number of nitro groups is 1. The van der Waals surface area contributed by atoms with Crippen LogP contribution in [0.3, 0.4) is 0 Å². The molecule has 3 rings (SSSR count). The lowest BCUT2D eigenvalue weighted by Crippen LogP contribution is -2.43. The summed E-state index contributed by atoms with van der Waals surface area (Å²) >= 11 is 0. The zero-order valence-corrected chi connectivity index (χ0v) is 12.8. The summed E-state index contributed by atoms with van der Waals surface area (Å²) in [5, 5.41) is 23.8. The van der Waals surface area contributed by atoms with Gasteiger partial charge in [-0.1, -0.05) is 0 Å². The summed E-state index contributed by atoms with van der Waals surface area (Å²) < 4.78 is 5.14. The van der Waals surface area contributed by atoms with Crippen LogP contribution in [0.5, 0.6) is 5.75 Å². The van der Waals surface area contributed by atoms with Crippen molar-refractivity contribution in [2.75, 3.05) is 13.1 Å². The summed E-state index contributed by atoms with van der Waals surface area (Å²) in [6.45, 7) is 1.65. The molecule has 126 valence electrons. The van der Waals surface area contributed by atoms with E-state index in [9.17, 15) is 14.9 Å². The summed E-state index contributed by atoms with van der Waals surface area (Å²) in [5.41, 5.74) is 0.955. The van der Waals surface area contributed by atoms with Crippen molar-refractivity contribution in [1.82, 2.24) is 20.8 Å². The van der Waals surface area contributed by atoms with E-state index >= 15 is 0 Å². The number of ether oxygens (including phenoxy) is 1. The van der Waals surface area contributed by atoms with Crippen LogP contribution in [-0.4, -0.2) is 40.3 Å². The van der Waals surface area contributed by atoms with Crippen molar-refractivity contribution < 1.29 is 14.5 Å². The fourth-order valence-corrected chi connectivity index (χ4v) is 2.59. The minimum Gasteiger partial charge on any atom is -0.403 e. The lowest BCUT2D eigenvalue weighted by Gasteiger charge is -2.23. The Balaban J connectivity index is 1.74. The minimum atomic E-state index is -0.681. The second-order valence-electron chi connectivity index (χ2n) is 5.47. The first-order valence-electron chi connectivity index (χ1n) is 7.61. The number of aromatic amines is 1. The molecule has 0 saturated carbocycles. The van der Waals surface area contributed by atoms with Crippen LogP contribution in [0.1, 0.15) is 12.8 Å². The smallest absolute Gasteiger partial charge is 0.403 e. The van der Waals surface area contributed by atoms with Gasteiger partial charge < -0.3 is 15.4 Å². The molecule has 3 N–H and O–H groups in total. The van der Waals surface area contributed by atoms with Crippen molar-refractivity contribution in [3.63, 3.8) is 0 Å². The summed E-state index contributed by atoms with van der Waals surface area (Å²) in [6.07, 6.45) is 2.48. The Morgan fingerprint density at radius 3 is 2.79 bits per heavy atom. The molecule has 0 spiro atoms. The summed E-state index contributed by atoms with van der Waals surface area (Å²) in [4.78, 5) is 22.7. The SMILES string of the molecule is O=C(NC1CCNCC1)Oc1ccc(-c2ccn[nH]2)cc1[N+](=O)[O-]. The van der Waals surface area contributed by atoms with Gasteiger partial charge in [0.1, 0.15) is 0 Å².